The van der Waals surface area contributed by atoms with Gasteiger partial charge in [-0.1, -0.05) is 23.2 Å². The number of ketones is 1. The number of benzene rings is 1. The van der Waals surface area contributed by atoms with Gasteiger partial charge in [-0.2, -0.15) is 18.4 Å². The molecule has 0 heterocycles. The Balaban J connectivity index is 3.30. The van der Waals surface area contributed by atoms with Crippen molar-refractivity contribution in [3.8, 4) is 6.07 Å². The van der Waals surface area contributed by atoms with Gasteiger partial charge >= 0.3 is 6.18 Å². The molecule has 0 amide bonds. The van der Waals surface area contributed by atoms with E-state index in [4.69, 9.17) is 28.5 Å². The quantitative estimate of drug-likeness (QED) is 0.766. The molecule has 1 rings (SSSR count). The minimum atomic E-state index is -4.59. The van der Waals surface area contributed by atoms with Crippen molar-refractivity contribution in [2.75, 3.05) is 0 Å². The predicted octanol–water partition coefficient (Wildman–Crippen LogP) is 4.11. The summed E-state index contributed by atoms with van der Waals surface area (Å²) in [4.78, 5) is 11.4. The molecule has 0 aliphatic carbocycles. The van der Waals surface area contributed by atoms with Crippen molar-refractivity contribution in [2.24, 2.45) is 0 Å². The molecule has 1 aromatic carbocycles. The van der Waals surface area contributed by atoms with Gasteiger partial charge in [0.25, 0.3) is 0 Å². The average Bonchev–Trinajstić information content (AvgIpc) is 2.15. The van der Waals surface area contributed by atoms with Crippen LogP contribution in [-0.2, 0) is 6.18 Å². The van der Waals surface area contributed by atoms with Crippen molar-refractivity contribution < 1.29 is 18.0 Å². The fourth-order valence-electron chi connectivity index (χ4n) is 1.16. The molecule has 0 saturated carbocycles. The summed E-state index contributed by atoms with van der Waals surface area (Å²) in [6, 6.07) is 2.79. The molecule has 2 nitrogen and oxygen atoms in total. The van der Waals surface area contributed by atoms with Crippen LogP contribution in [0, 0.1) is 11.3 Å². The Morgan fingerprint density at radius 3 is 2.12 bits per heavy atom. The van der Waals surface area contributed by atoms with E-state index in [0.717, 1.165) is 0 Å². The van der Waals surface area contributed by atoms with Crippen molar-refractivity contribution in [3.05, 3.63) is 33.3 Å². The van der Waals surface area contributed by atoms with Crippen LogP contribution in [0.1, 0.15) is 22.3 Å². The van der Waals surface area contributed by atoms with E-state index in [1.165, 1.54) is 0 Å². The molecule has 0 aliphatic heterocycles. The summed E-state index contributed by atoms with van der Waals surface area (Å²) in [5.41, 5.74) is -1.30. The smallest absolute Gasteiger partial charge is 0.293 e. The highest BCUT2D eigenvalue weighted by Gasteiger charge is 2.32. The number of nitrogens with zero attached hydrogens (tertiary/aromatic N) is 1. The first kappa shape index (κ1) is 13.8. The number of rotatable bonds is 2. The van der Waals surface area contributed by atoms with Crippen LogP contribution in [0.5, 0.6) is 0 Å². The van der Waals surface area contributed by atoms with Crippen LogP contribution in [0.25, 0.3) is 0 Å². The van der Waals surface area contributed by atoms with Gasteiger partial charge in [0.05, 0.1) is 33.7 Å². The maximum Gasteiger partial charge on any atom is 0.416 e. The Kier molecular flexibility index (Phi) is 4.02. The van der Waals surface area contributed by atoms with Crippen LogP contribution in [0.4, 0.5) is 13.2 Å². The molecule has 0 aromatic heterocycles. The molecule has 0 fully saturated rings. The van der Waals surface area contributed by atoms with Gasteiger partial charge in [-0.3, -0.25) is 4.79 Å². The van der Waals surface area contributed by atoms with E-state index in [-0.39, 0.29) is 5.56 Å². The van der Waals surface area contributed by atoms with E-state index >= 15 is 0 Å². The fourth-order valence-corrected chi connectivity index (χ4v) is 1.86. The minimum absolute atomic E-state index is 0.261. The molecule has 0 aliphatic rings. The lowest BCUT2D eigenvalue weighted by atomic mass is 10.1. The fraction of sp³-hybridized carbons (Fsp3) is 0.200. The van der Waals surface area contributed by atoms with Gasteiger partial charge in [0.1, 0.15) is 0 Å². The maximum absolute atomic E-state index is 12.4. The lowest BCUT2D eigenvalue weighted by molar-refractivity contribution is -0.137. The Morgan fingerprint density at radius 1 is 1.29 bits per heavy atom. The predicted molar refractivity (Wildman–Crippen MR) is 56.0 cm³/mol. The Morgan fingerprint density at radius 2 is 1.76 bits per heavy atom. The summed E-state index contributed by atoms with van der Waals surface area (Å²) in [5.74, 6) is -0.712. The van der Waals surface area contributed by atoms with E-state index in [9.17, 15) is 18.0 Å². The summed E-state index contributed by atoms with van der Waals surface area (Å²) in [5, 5.41) is 7.50. The van der Waals surface area contributed by atoms with Gasteiger partial charge in [-0.05, 0) is 12.1 Å². The van der Waals surface area contributed by atoms with Gasteiger partial charge in [0.15, 0.2) is 5.78 Å². The SMILES string of the molecule is N#CCC(=O)c1c(Cl)cc(C(F)(F)F)cc1Cl. The topological polar surface area (TPSA) is 40.9 Å². The molecule has 0 N–H and O–H groups in total. The number of hydrogen-bond acceptors (Lipinski definition) is 2. The number of carbonyl (C=O) groups is 1. The van der Waals surface area contributed by atoms with E-state index in [2.05, 4.69) is 0 Å². The standard InChI is InChI=1S/C10H4Cl2F3NO/c11-6-3-5(10(13,14)15)4-7(12)9(6)8(17)1-2-16/h3-4H,1H2. The summed E-state index contributed by atoms with van der Waals surface area (Å²) < 4.78 is 37.1. The summed E-state index contributed by atoms with van der Waals surface area (Å²) in [7, 11) is 0. The second-order valence-corrected chi connectivity index (χ2v) is 3.89. The van der Waals surface area contributed by atoms with Gasteiger partial charge in [-0.15, -0.1) is 0 Å². The number of nitriles is 1. The summed E-state index contributed by atoms with van der Waals surface area (Å²) in [6.45, 7) is 0. The molecule has 0 atom stereocenters. The van der Waals surface area contributed by atoms with Crippen molar-refractivity contribution in [2.45, 2.75) is 12.6 Å². The monoisotopic (exact) mass is 281 g/mol. The molecule has 0 saturated heterocycles. The number of carbonyl (C=O) groups excluding carboxylic acids is 1. The summed E-state index contributed by atoms with van der Waals surface area (Å²) in [6.07, 6.45) is -5.09. The van der Waals surface area contributed by atoms with Crippen LogP contribution in [0.15, 0.2) is 12.1 Å². The normalized spacial score (nSPS) is 11.1. The van der Waals surface area contributed by atoms with Crippen molar-refractivity contribution in [1.82, 2.24) is 0 Å². The number of halogens is 5. The van der Waals surface area contributed by atoms with E-state index in [0.29, 0.717) is 12.1 Å². The molecule has 0 spiro atoms. The molecule has 0 radical (unpaired) electrons. The Labute approximate surface area is 105 Å². The lowest BCUT2D eigenvalue weighted by Gasteiger charge is -2.10. The third-order valence-electron chi connectivity index (χ3n) is 1.89. The largest absolute Gasteiger partial charge is 0.416 e. The van der Waals surface area contributed by atoms with Gasteiger partial charge < -0.3 is 0 Å². The van der Waals surface area contributed by atoms with Crippen LogP contribution in [-0.4, -0.2) is 5.78 Å². The average molecular weight is 282 g/mol. The highest BCUT2D eigenvalue weighted by Crippen LogP contribution is 2.36. The molecule has 90 valence electrons. The zero-order valence-electron chi connectivity index (χ0n) is 8.11. The second-order valence-electron chi connectivity index (χ2n) is 3.07. The van der Waals surface area contributed by atoms with Gasteiger partial charge in [0, 0.05) is 0 Å². The highest BCUT2D eigenvalue weighted by atomic mass is 35.5. The van der Waals surface area contributed by atoms with Crippen LogP contribution in [0.3, 0.4) is 0 Å². The lowest BCUT2D eigenvalue weighted by Crippen LogP contribution is -2.07. The number of hydrogen-bond donors (Lipinski definition) is 0. The second kappa shape index (κ2) is 4.94. The van der Waals surface area contributed by atoms with Crippen LogP contribution >= 0.6 is 23.2 Å². The van der Waals surface area contributed by atoms with Crippen molar-refractivity contribution >= 4 is 29.0 Å². The molecule has 0 unspecified atom stereocenters. The third-order valence-corrected chi connectivity index (χ3v) is 2.48. The van der Waals surface area contributed by atoms with Crippen molar-refractivity contribution in [1.29, 1.82) is 5.26 Å². The summed E-state index contributed by atoms with van der Waals surface area (Å²) >= 11 is 11.1. The first-order valence-electron chi connectivity index (χ1n) is 4.23. The third kappa shape index (κ3) is 3.11. The minimum Gasteiger partial charge on any atom is -0.293 e. The molecular weight excluding hydrogens is 278 g/mol. The van der Waals surface area contributed by atoms with Gasteiger partial charge in [0.2, 0.25) is 0 Å². The molecule has 7 heteroatoms. The first-order chi connectivity index (χ1) is 7.77. The molecule has 0 bridgehead atoms. The molecular formula is C10H4Cl2F3NO. The molecule has 1 aromatic rings. The zero-order chi connectivity index (χ0) is 13.2. The Bertz CT molecular complexity index is 482. The van der Waals surface area contributed by atoms with E-state index in [1.807, 2.05) is 0 Å². The van der Waals surface area contributed by atoms with Crippen LogP contribution < -0.4 is 0 Å². The van der Waals surface area contributed by atoms with Crippen molar-refractivity contribution in [3.63, 3.8) is 0 Å². The zero-order valence-corrected chi connectivity index (χ0v) is 9.62. The van der Waals surface area contributed by atoms with Crippen LogP contribution in [0.2, 0.25) is 10.0 Å². The number of Topliss-reactive ketones (excluding diaryl/α,β-unsaturated/α-hetero) is 1. The highest BCUT2D eigenvalue weighted by molar-refractivity contribution is 6.40. The maximum atomic E-state index is 12.4. The van der Waals surface area contributed by atoms with E-state index in [1.54, 1.807) is 6.07 Å². The number of alkyl halides is 3. The van der Waals surface area contributed by atoms with E-state index < -0.39 is 34.0 Å². The molecule has 17 heavy (non-hydrogen) atoms. The first-order valence-corrected chi connectivity index (χ1v) is 4.99. The van der Waals surface area contributed by atoms with Gasteiger partial charge in [-0.25, -0.2) is 0 Å². The Hall–Kier alpha value is -1.25.